The van der Waals surface area contributed by atoms with Gasteiger partial charge < -0.3 is 15.3 Å². The van der Waals surface area contributed by atoms with Crippen LogP contribution in [0.15, 0.2) is 18.3 Å². The Hall–Kier alpha value is -1.62. The highest BCUT2D eigenvalue weighted by molar-refractivity contribution is 5.94. The van der Waals surface area contributed by atoms with Gasteiger partial charge in [0.25, 0.3) is 5.91 Å². The number of aliphatic hydroxyl groups excluding tert-OH is 1. The number of hydrogen-bond donors (Lipinski definition) is 2. The number of rotatable bonds is 3. The van der Waals surface area contributed by atoms with Crippen LogP contribution in [-0.2, 0) is 0 Å². The Bertz CT molecular complexity index is 417. The second kappa shape index (κ2) is 5.35. The topological polar surface area (TPSA) is 65.5 Å². The number of likely N-dealkylation sites (tertiary alicyclic amines) is 1. The predicted octanol–water partition coefficient (Wildman–Crippen LogP) is 0.966. The molecule has 1 aliphatic rings. The molecule has 2 heterocycles. The number of hydrogen-bond acceptors (Lipinski definition) is 4. The summed E-state index contributed by atoms with van der Waals surface area (Å²) in [5.41, 5.74) is 0.597. The molecule has 1 aromatic heterocycles. The van der Waals surface area contributed by atoms with Crippen molar-refractivity contribution in [2.75, 3.05) is 25.5 Å². The maximum Gasteiger partial charge on any atom is 0.255 e. The molecule has 0 spiro atoms. The van der Waals surface area contributed by atoms with Crippen LogP contribution in [0.3, 0.4) is 0 Å². The normalized spacial score (nSPS) is 20.8. The van der Waals surface area contributed by atoms with Crippen LogP contribution in [-0.4, -0.2) is 47.1 Å². The zero-order valence-corrected chi connectivity index (χ0v) is 10.8. The van der Waals surface area contributed by atoms with Crippen molar-refractivity contribution < 1.29 is 9.90 Å². The molecule has 2 atom stereocenters. The number of anilines is 1. The van der Waals surface area contributed by atoms with Gasteiger partial charge in [-0.15, -0.1) is 0 Å². The number of aromatic nitrogens is 1. The molecule has 5 nitrogen and oxygen atoms in total. The number of amides is 1. The van der Waals surface area contributed by atoms with Crippen molar-refractivity contribution in [3.8, 4) is 0 Å². The Morgan fingerprint density at radius 1 is 1.61 bits per heavy atom. The van der Waals surface area contributed by atoms with E-state index in [0.717, 1.165) is 12.2 Å². The maximum atomic E-state index is 12.2. The second-order valence-electron chi connectivity index (χ2n) is 4.72. The molecule has 0 saturated carbocycles. The van der Waals surface area contributed by atoms with E-state index in [-0.39, 0.29) is 17.9 Å². The molecular weight excluding hydrogens is 230 g/mol. The lowest BCUT2D eigenvalue weighted by atomic mass is 10.0. The third kappa shape index (κ3) is 2.61. The number of pyridine rings is 1. The highest BCUT2D eigenvalue weighted by atomic mass is 16.3. The molecule has 2 unspecified atom stereocenters. The molecule has 18 heavy (non-hydrogen) atoms. The van der Waals surface area contributed by atoms with Crippen molar-refractivity contribution in [3.63, 3.8) is 0 Å². The molecule has 2 rings (SSSR count). The van der Waals surface area contributed by atoms with Crippen LogP contribution in [0.25, 0.3) is 0 Å². The molecule has 1 amide bonds. The Labute approximate surface area is 107 Å². The zero-order chi connectivity index (χ0) is 13.1. The molecular formula is C13H19N3O2. The number of nitrogens with zero attached hydrogens (tertiary/aromatic N) is 2. The minimum absolute atomic E-state index is 0.00620. The van der Waals surface area contributed by atoms with E-state index in [9.17, 15) is 9.90 Å². The first-order valence-corrected chi connectivity index (χ1v) is 6.23. The van der Waals surface area contributed by atoms with Gasteiger partial charge in [-0.05, 0) is 25.5 Å². The Balaban J connectivity index is 2.03. The van der Waals surface area contributed by atoms with Gasteiger partial charge in [-0.25, -0.2) is 4.98 Å². The highest BCUT2D eigenvalue weighted by Gasteiger charge is 2.29. The van der Waals surface area contributed by atoms with E-state index >= 15 is 0 Å². The fourth-order valence-electron chi connectivity index (χ4n) is 2.22. The number of carbonyl (C=O) groups is 1. The molecule has 0 bridgehead atoms. The van der Waals surface area contributed by atoms with E-state index in [1.807, 2.05) is 0 Å². The summed E-state index contributed by atoms with van der Waals surface area (Å²) in [6, 6.07) is 3.56. The summed E-state index contributed by atoms with van der Waals surface area (Å²) >= 11 is 0. The number of nitrogens with one attached hydrogen (secondary N) is 1. The van der Waals surface area contributed by atoms with Crippen molar-refractivity contribution in [2.45, 2.75) is 19.4 Å². The zero-order valence-electron chi connectivity index (χ0n) is 10.8. The smallest absolute Gasteiger partial charge is 0.255 e. The van der Waals surface area contributed by atoms with Gasteiger partial charge in [0.2, 0.25) is 0 Å². The fraction of sp³-hybridized carbons (Fsp3) is 0.538. The Morgan fingerprint density at radius 3 is 2.89 bits per heavy atom. The summed E-state index contributed by atoms with van der Waals surface area (Å²) < 4.78 is 0. The summed E-state index contributed by atoms with van der Waals surface area (Å²) in [6.07, 6.45) is 2.10. The highest BCUT2D eigenvalue weighted by Crippen LogP contribution is 2.21. The minimum atomic E-state index is -0.354. The van der Waals surface area contributed by atoms with Crippen molar-refractivity contribution in [1.82, 2.24) is 9.88 Å². The van der Waals surface area contributed by atoms with E-state index < -0.39 is 0 Å². The van der Waals surface area contributed by atoms with Crippen LogP contribution in [0.2, 0.25) is 0 Å². The minimum Gasteiger partial charge on any atom is -0.393 e. The summed E-state index contributed by atoms with van der Waals surface area (Å²) in [5, 5.41) is 12.4. The average molecular weight is 249 g/mol. The molecule has 1 fully saturated rings. The van der Waals surface area contributed by atoms with E-state index in [1.54, 1.807) is 37.2 Å². The van der Waals surface area contributed by atoms with Crippen molar-refractivity contribution in [1.29, 1.82) is 0 Å². The van der Waals surface area contributed by atoms with Crippen LogP contribution >= 0.6 is 0 Å². The van der Waals surface area contributed by atoms with Gasteiger partial charge in [-0.1, -0.05) is 0 Å². The van der Waals surface area contributed by atoms with Crippen molar-refractivity contribution >= 4 is 11.7 Å². The van der Waals surface area contributed by atoms with E-state index in [0.29, 0.717) is 18.7 Å². The quantitative estimate of drug-likeness (QED) is 0.837. The SMILES string of the molecule is CNc1ccc(C(=O)N2CCC(C(C)O)C2)cn1. The van der Waals surface area contributed by atoms with Gasteiger partial charge in [0.1, 0.15) is 5.82 Å². The lowest BCUT2D eigenvalue weighted by Crippen LogP contribution is -2.30. The van der Waals surface area contributed by atoms with Gasteiger partial charge in [0.15, 0.2) is 0 Å². The Kier molecular flexibility index (Phi) is 3.81. The first-order valence-electron chi connectivity index (χ1n) is 6.23. The van der Waals surface area contributed by atoms with Gasteiger partial charge in [-0.3, -0.25) is 4.79 Å². The van der Waals surface area contributed by atoms with Crippen LogP contribution in [0, 0.1) is 5.92 Å². The predicted molar refractivity (Wildman–Crippen MR) is 69.5 cm³/mol. The number of carbonyl (C=O) groups excluding carboxylic acids is 1. The van der Waals surface area contributed by atoms with E-state index in [1.165, 1.54) is 0 Å². The lowest BCUT2D eigenvalue weighted by Gasteiger charge is -2.17. The summed E-state index contributed by atoms with van der Waals surface area (Å²) in [5.74, 6) is 0.932. The molecule has 0 radical (unpaired) electrons. The van der Waals surface area contributed by atoms with Crippen LogP contribution in [0.4, 0.5) is 5.82 Å². The largest absolute Gasteiger partial charge is 0.393 e. The maximum absolute atomic E-state index is 12.2. The monoisotopic (exact) mass is 249 g/mol. The first kappa shape index (κ1) is 12.8. The van der Waals surface area contributed by atoms with Gasteiger partial charge in [0, 0.05) is 32.3 Å². The molecule has 2 N–H and O–H groups in total. The molecule has 1 aromatic rings. The fourth-order valence-corrected chi connectivity index (χ4v) is 2.22. The van der Waals surface area contributed by atoms with Crippen molar-refractivity contribution in [2.24, 2.45) is 5.92 Å². The third-order valence-electron chi connectivity index (χ3n) is 3.46. The first-order chi connectivity index (χ1) is 8.61. The molecule has 98 valence electrons. The van der Waals surface area contributed by atoms with E-state index in [4.69, 9.17) is 0 Å². The van der Waals surface area contributed by atoms with Gasteiger partial charge in [0.05, 0.1) is 11.7 Å². The lowest BCUT2D eigenvalue weighted by molar-refractivity contribution is 0.0762. The second-order valence-corrected chi connectivity index (χ2v) is 4.72. The molecule has 1 saturated heterocycles. The van der Waals surface area contributed by atoms with E-state index in [2.05, 4.69) is 10.3 Å². The molecule has 1 aliphatic heterocycles. The van der Waals surface area contributed by atoms with Crippen molar-refractivity contribution in [3.05, 3.63) is 23.9 Å². The molecule has 0 aliphatic carbocycles. The van der Waals surface area contributed by atoms with Gasteiger partial charge >= 0.3 is 0 Å². The Morgan fingerprint density at radius 2 is 2.39 bits per heavy atom. The summed E-state index contributed by atoms with van der Waals surface area (Å²) in [6.45, 7) is 3.12. The van der Waals surface area contributed by atoms with Gasteiger partial charge in [-0.2, -0.15) is 0 Å². The summed E-state index contributed by atoms with van der Waals surface area (Å²) in [4.78, 5) is 18.1. The molecule has 5 heteroatoms. The van der Waals surface area contributed by atoms with Crippen LogP contribution in [0.1, 0.15) is 23.7 Å². The average Bonchev–Trinajstić information content (AvgIpc) is 2.88. The van der Waals surface area contributed by atoms with Crippen LogP contribution < -0.4 is 5.32 Å². The van der Waals surface area contributed by atoms with Crippen LogP contribution in [0.5, 0.6) is 0 Å². The summed E-state index contributed by atoms with van der Waals surface area (Å²) in [7, 11) is 1.79. The third-order valence-corrected chi connectivity index (χ3v) is 3.46. The number of aliphatic hydroxyl groups is 1. The standard InChI is InChI=1S/C13H19N3O2/c1-9(17)11-5-6-16(8-11)13(18)10-3-4-12(14-2)15-7-10/h3-4,7,9,11,17H,5-6,8H2,1-2H3,(H,14,15). The molecule has 0 aromatic carbocycles.